The molecule has 2 rings (SSSR count). The number of carbonyl (C=O) groups excluding carboxylic acids is 1. The van der Waals surface area contributed by atoms with Gasteiger partial charge in [0.25, 0.3) is 5.91 Å². The molecule has 24 heavy (non-hydrogen) atoms. The second kappa shape index (κ2) is 7.92. The first-order chi connectivity index (χ1) is 11.4. The molecule has 0 N–H and O–H groups in total. The van der Waals surface area contributed by atoms with Gasteiger partial charge in [0, 0.05) is 10.0 Å². The Balaban J connectivity index is 2.29. The fourth-order valence-corrected chi connectivity index (χ4v) is 2.93. The van der Waals surface area contributed by atoms with Crippen molar-refractivity contribution in [1.82, 2.24) is 5.06 Å². The first kappa shape index (κ1) is 18.6. The Morgan fingerprint density at radius 2 is 1.62 bits per heavy atom. The molecule has 0 saturated carbocycles. The minimum atomic E-state index is -0.954. The molecule has 0 radical (unpaired) electrons. The molecule has 0 aliphatic carbocycles. The van der Waals surface area contributed by atoms with E-state index in [9.17, 15) is 13.6 Å². The van der Waals surface area contributed by atoms with Crippen LogP contribution in [0.2, 0.25) is 10.0 Å². The second-order valence-corrected chi connectivity index (χ2v) is 5.98. The van der Waals surface area contributed by atoms with E-state index in [0.29, 0.717) is 15.6 Å². The van der Waals surface area contributed by atoms with Crippen LogP contribution in [0.3, 0.4) is 0 Å². The molecule has 0 bridgehead atoms. The maximum Gasteiger partial charge on any atom is 0.283 e. The van der Waals surface area contributed by atoms with Crippen molar-refractivity contribution in [3.8, 4) is 0 Å². The lowest BCUT2D eigenvalue weighted by Crippen LogP contribution is -2.40. The molecule has 0 aromatic heterocycles. The van der Waals surface area contributed by atoms with Gasteiger partial charge >= 0.3 is 0 Å². The van der Waals surface area contributed by atoms with Gasteiger partial charge in [-0.2, -0.15) is 0 Å². The Morgan fingerprint density at radius 3 is 2.12 bits per heavy atom. The van der Waals surface area contributed by atoms with Crippen molar-refractivity contribution in [1.29, 1.82) is 0 Å². The molecule has 0 saturated heterocycles. The molecular formula is C17H15Cl2F2NO2. The third-order valence-electron chi connectivity index (χ3n) is 3.54. The van der Waals surface area contributed by atoms with Crippen LogP contribution in [0.5, 0.6) is 0 Å². The minimum Gasteiger partial charge on any atom is -0.274 e. The Kier molecular flexibility index (Phi) is 6.15. The predicted octanol–water partition coefficient (Wildman–Crippen LogP) is 4.91. The average Bonchev–Trinajstić information content (AvgIpc) is 2.51. The molecule has 1 atom stereocenters. The highest BCUT2D eigenvalue weighted by atomic mass is 35.5. The molecule has 1 amide bonds. The predicted molar refractivity (Wildman–Crippen MR) is 89.2 cm³/mol. The van der Waals surface area contributed by atoms with E-state index in [0.717, 1.165) is 17.2 Å². The molecule has 7 heteroatoms. The number of benzene rings is 2. The van der Waals surface area contributed by atoms with Gasteiger partial charge < -0.3 is 0 Å². The van der Waals surface area contributed by atoms with Crippen LogP contribution in [-0.2, 0) is 11.3 Å². The number of hydrogen-bond donors (Lipinski definition) is 0. The zero-order chi connectivity index (χ0) is 17.9. The van der Waals surface area contributed by atoms with Crippen LogP contribution in [0.15, 0.2) is 36.4 Å². The van der Waals surface area contributed by atoms with Crippen molar-refractivity contribution >= 4 is 29.1 Å². The SMILES string of the molecule is CON(C(=O)c1c(F)cccc1F)[C@@H](C)Cc1c(Cl)cccc1Cl. The first-order valence-electron chi connectivity index (χ1n) is 7.11. The maximum absolute atomic E-state index is 13.8. The number of hydroxylamine groups is 2. The number of rotatable bonds is 5. The Hall–Kier alpha value is -1.69. The highest BCUT2D eigenvalue weighted by molar-refractivity contribution is 6.36. The fourth-order valence-electron chi connectivity index (χ4n) is 2.38. The summed E-state index contributed by atoms with van der Waals surface area (Å²) in [6.45, 7) is 1.67. The van der Waals surface area contributed by atoms with Crippen molar-refractivity contribution in [3.05, 3.63) is 69.2 Å². The molecule has 0 spiro atoms. The summed E-state index contributed by atoms with van der Waals surface area (Å²) in [6, 6.07) is 7.70. The van der Waals surface area contributed by atoms with Crippen molar-refractivity contribution in [2.75, 3.05) is 7.11 Å². The van der Waals surface area contributed by atoms with Crippen molar-refractivity contribution in [2.24, 2.45) is 0 Å². The quantitative estimate of drug-likeness (QED) is 0.697. The zero-order valence-corrected chi connectivity index (χ0v) is 14.5. The largest absolute Gasteiger partial charge is 0.283 e. The number of amides is 1. The summed E-state index contributed by atoms with van der Waals surface area (Å²) >= 11 is 12.2. The van der Waals surface area contributed by atoms with E-state index in [4.69, 9.17) is 28.0 Å². The topological polar surface area (TPSA) is 29.5 Å². The molecular weight excluding hydrogens is 359 g/mol. The van der Waals surface area contributed by atoms with Gasteiger partial charge in [0.2, 0.25) is 0 Å². The van der Waals surface area contributed by atoms with Crippen LogP contribution >= 0.6 is 23.2 Å². The molecule has 0 fully saturated rings. The number of halogens is 4. The van der Waals surface area contributed by atoms with Gasteiger partial charge in [-0.25, -0.2) is 13.8 Å². The van der Waals surface area contributed by atoms with Gasteiger partial charge in [0.1, 0.15) is 17.2 Å². The van der Waals surface area contributed by atoms with Crippen molar-refractivity contribution < 1.29 is 18.4 Å². The van der Waals surface area contributed by atoms with E-state index < -0.39 is 29.1 Å². The third kappa shape index (κ3) is 3.86. The van der Waals surface area contributed by atoms with Crippen LogP contribution in [0.4, 0.5) is 8.78 Å². The second-order valence-electron chi connectivity index (χ2n) is 5.16. The highest BCUT2D eigenvalue weighted by Gasteiger charge is 2.28. The summed E-state index contributed by atoms with van der Waals surface area (Å²) in [5.41, 5.74) is -0.0476. The Labute approximate surface area is 148 Å². The molecule has 2 aromatic rings. The minimum absolute atomic E-state index is 0.258. The van der Waals surface area contributed by atoms with E-state index in [2.05, 4.69) is 0 Å². The van der Waals surface area contributed by atoms with Crippen LogP contribution in [0.1, 0.15) is 22.8 Å². The monoisotopic (exact) mass is 373 g/mol. The van der Waals surface area contributed by atoms with Gasteiger partial charge in [-0.05, 0) is 43.2 Å². The van der Waals surface area contributed by atoms with Crippen molar-refractivity contribution in [2.45, 2.75) is 19.4 Å². The molecule has 0 aliphatic rings. The van der Waals surface area contributed by atoms with Crippen LogP contribution in [-0.4, -0.2) is 24.1 Å². The van der Waals surface area contributed by atoms with E-state index in [1.165, 1.54) is 13.2 Å². The van der Waals surface area contributed by atoms with Gasteiger partial charge in [0.05, 0.1) is 13.2 Å². The Morgan fingerprint density at radius 1 is 1.12 bits per heavy atom. The van der Waals surface area contributed by atoms with Gasteiger partial charge in [-0.1, -0.05) is 35.3 Å². The summed E-state index contributed by atoms with van der Waals surface area (Å²) in [5.74, 6) is -2.82. The summed E-state index contributed by atoms with van der Waals surface area (Å²) in [7, 11) is 1.25. The molecule has 3 nitrogen and oxygen atoms in total. The van der Waals surface area contributed by atoms with E-state index >= 15 is 0 Å². The third-order valence-corrected chi connectivity index (χ3v) is 4.24. The smallest absolute Gasteiger partial charge is 0.274 e. The highest BCUT2D eigenvalue weighted by Crippen LogP contribution is 2.27. The Bertz CT molecular complexity index is 715. The first-order valence-corrected chi connectivity index (χ1v) is 7.87. The van der Waals surface area contributed by atoms with E-state index in [1.54, 1.807) is 25.1 Å². The van der Waals surface area contributed by atoms with Crippen molar-refractivity contribution in [3.63, 3.8) is 0 Å². The summed E-state index contributed by atoms with van der Waals surface area (Å²) < 4.78 is 27.7. The van der Waals surface area contributed by atoms with Gasteiger partial charge in [-0.3, -0.25) is 9.63 Å². The zero-order valence-electron chi connectivity index (χ0n) is 13.0. The fraction of sp³-hybridized carbons (Fsp3) is 0.235. The van der Waals surface area contributed by atoms with Crippen LogP contribution in [0, 0.1) is 11.6 Å². The van der Waals surface area contributed by atoms with Crippen LogP contribution < -0.4 is 0 Å². The maximum atomic E-state index is 13.8. The molecule has 128 valence electrons. The number of hydrogen-bond acceptors (Lipinski definition) is 2. The molecule has 0 heterocycles. The van der Waals surface area contributed by atoms with E-state index in [-0.39, 0.29) is 6.42 Å². The standard InChI is InChI=1S/C17H15Cl2F2NO2/c1-10(9-11-12(18)5-3-6-13(11)19)22(24-2)17(23)16-14(20)7-4-8-15(16)21/h3-8,10H,9H2,1-2H3/t10-/m0/s1. The summed E-state index contributed by atoms with van der Waals surface area (Å²) in [4.78, 5) is 17.5. The lowest BCUT2D eigenvalue weighted by atomic mass is 10.1. The van der Waals surface area contributed by atoms with Gasteiger partial charge in [-0.15, -0.1) is 0 Å². The summed E-state index contributed by atoms with van der Waals surface area (Å²) in [5, 5.41) is 1.78. The molecule has 0 aliphatic heterocycles. The lowest BCUT2D eigenvalue weighted by molar-refractivity contribution is -0.119. The lowest BCUT2D eigenvalue weighted by Gasteiger charge is -2.27. The number of carbonyl (C=O) groups is 1. The molecule has 0 unspecified atom stereocenters. The van der Waals surface area contributed by atoms with Gasteiger partial charge in [0.15, 0.2) is 0 Å². The number of nitrogens with zero attached hydrogens (tertiary/aromatic N) is 1. The summed E-state index contributed by atoms with van der Waals surface area (Å²) in [6.07, 6.45) is 0.258. The average molecular weight is 374 g/mol. The normalized spacial score (nSPS) is 12.1. The molecule has 2 aromatic carbocycles. The van der Waals surface area contributed by atoms with Crippen LogP contribution in [0.25, 0.3) is 0 Å². The van der Waals surface area contributed by atoms with E-state index in [1.807, 2.05) is 0 Å².